The minimum Gasteiger partial charge on any atom is -0.349 e. The predicted octanol–water partition coefficient (Wildman–Crippen LogP) is 3.26. The molecular weight excluding hydrogens is 282 g/mol. The van der Waals surface area contributed by atoms with Crippen molar-refractivity contribution in [1.29, 1.82) is 0 Å². The lowest BCUT2D eigenvalue weighted by Crippen LogP contribution is -2.23. The molecule has 1 aromatic carbocycles. The number of rotatable bonds is 6. The Morgan fingerprint density at radius 3 is 2.95 bits per heavy atom. The Bertz CT molecular complexity index is 685. The Balaban J connectivity index is 1.44. The van der Waals surface area contributed by atoms with Crippen molar-refractivity contribution in [3.63, 3.8) is 0 Å². The summed E-state index contributed by atoms with van der Waals surface area (Å²) in [5.41, 5.74) is 1.93. The van der Waals surface area contributed by atoms with Crippen molar-refractivity contribution in [2.75, 3.05) is 0 Å². The number of amides is 1. The highest BCUT2D eigenvalue weighted by Crippen LogP contribution is 2.12. The fourth-order valence-corrected chi connectivity index (χ4v) is 2.99. The van der Waals surface area contributed by atoms with Crippen LogP contribution in [0, 0.1) is 0 Å². The number of H-pyrrole nitrogens is 1. The van der Waals surface area contributed by atoms with Crippen molar-refractivity contribution in [3.8, 4) is 0 Å². The standard InChI is InChI=1S/C16H17N3OS/c20-16(9-3-5-12-6-4-10-21-12)17-11-15-18-13-7-1-2-8-14(13)19-15/h1-2,4,6-8,10H,3,5,9,11H2,(H,17,20)(H,18,19). The summed E-state index contributed by atoms with van der Waals surface area (Å²) in [7, 11) is 0. The molecule has 0 aliphatic carbocycles. The molecule has 0 radical (unpaired) electrons. The van der Waals surface area contributed by atoms with E-state index < -0.39 is 0 Å². The summed E-state index contributed by atoms with van der Waals surface area (Å²) in [4.78, 5) is 20.8. The van der Waals surface area contributed by atoms with Crippen molar-refractivity contribution in [2.24, 2.45) is 0 Å². The van der Waals surface area contributed by atoms with Crippen molar-refractivity contribution >= 4 is 28.3 Å². The number of thiophene rings is 1. The molecule has 108 valence electrons. The maximum atomic E-state index is 11.8. The second-order valence-corrected chi connectivity index (χ2v) is 5.94. The smallest absolute Gasteiger partial charge is 0.220 e. The zero-order valence-electron chi connectivity index (χ0n) is 11.6. The van der Waals surface area contributed by atoms with Gasteiger partial charge in [-0.1, -0.05) is 18.2 Å². The summed E-state index contributed by atoms with van der Waals surface area (Å²) < 4.78 is 0. The Labute approximate surface area is 127 Å². The maximum Gasteiger partial charge on any atom is 0.220 e. The average molecular weight is 299 g/mol. The second-order valence-electron chi connectivity index (χ2n) is 4.91. The number of carbonyl (C=O) groups is 1. The molecule has 5 heteroatoms. The van der Waals surface area contributed by atoms with E-state index in [1.54, 1.807) is 11.3 Å². The third-order valence-electron chi connectivity index (χ3n) is 3.30. The van der Waals surface area contributed by atoms with E-state index in [-0.39, 0.29) is 5.91 Å². The molecule has 21 heavy (non-hydrogen) atoms. The molecule has 2 aromatic heterocycles. The minimum absolute atomic E-state index is 0.0759. The molecule has 0 fully saturated rings. The molecule has 0 saturated heterocycles. The largest absolute Gasteiger partial charge is 0.349 e. The lowest BCUT2D eigenvalue weighted by atomic mass is 10.2. The van der Waals surface area contributed by atoms with E-state index >= 15 is 0 Å². The Morgan fingerprint density at radius 1 is 1.24 bits per heavy atom. The lowest BCUT2D eigenvalue weighted by Gasteiger charge is -2.02. The van der Waals surface area contributed by atoms with Gasteiger partial charge in [-0.15, -0.1) is 11.3 Å². The molecule has 0 aliphatic heterocycles. The highest BCUT2D eigenvalue weighted by molar-refractivity contribution is 7.09. The van der Waals surface area contributed by atoms with Crippen LogP contribution in [0.25, 0.3) is 11.0 Å². The zero-order valence-corrected chi connectivity index (χ0v) is 12.5. The highest BCUT2D eigenvalue weighted by atomic mass is 32.1. The molecule has 0 unspecified atom stereocenters. The van der Waals surface area contributed by atoms with Crippen LogP contribution in [-0.2, 0) is 17.8 Å². The first-order valence-electron chi connectivity index (χ1n) is 7.04. The number of hydrogen-bond acceptors (Lipinski definition) is 3. The fourth-order valence-electron chi connectivity index (χ4n) is 2.24. The summed E-state index contributed by atoms with van der Waals surface area (Å²) in [5.74, 6) is 0.870. The third kappa shape index (κ3) is 3.70. The van der Waals surface area contributed by atoms with Crippen molar-refractivity contribution in [3.05, 3.63) is 52.5 Å². The van der Waals surface area contributed by atoms with Crippen molar-refractivity contribution < 1.29 is 4.79 Å². The van der Waals surface area contributed by atoms with Crippen molar-refractivity contribution in [2.45, 2.75) is 25.8 Å². The summed E-state index contributed by atoms with van der Waals surface area (Å²) in [6.07, 6.45) is 2.40. The van der Waals surface area contributed by atoms with Gasteiger partial charge >= 0.3 is 0 Å². The summed E-state index contributed by atoms with van der Waals surface area (Å²) in [6, 6.07) is 12.0. The van der Waals surface area contributed by atoms with Gasteiger partial charge in [-0.25, -0.2) is 4.98 Å². The maximum absolute atomic E-state index is 11.8. The first-order valence-corrected chi connectivity index (χ1v) is 7.92. The number of hydrogen-bond donors (Lipinski definition) is 2. The van der Waals surface area contributed by atoms with Crippen LogP contribution >= 0.6 is 11.3 Å². The van der Waals surface area contributed by atoms with E-state index in [0.717, 1.165) is 29.7 Å². The first kappa shape index (κ1) is 13.8. The number of aromatic amines is 1. The van der Waals surface area contributed by atoms with Crippen molar-refractivity contribution in [1.82, 2.24) is 15.3 Å². The highest BCUT2D eigenvalue weighted by Gasteiger charge is 2.05. The Kier molecular flexibility index (Phi) is 4.31. The number of para-hydroxylation sites is 2. The second kappa shape index (κ2) is 6.54. The zero-order chi connectivity index (χ0) is 14.5. The van der Waals surface area contributed by atoms with Crippen LogP contribution in [0.5, 0.6) is 0 Å². The van der Waals surface area contributed by atoms with E-state index in [9.17, 15) is 4.79 Å². The molecule has 0 atom stereocenters. The summed E-state index contributed by atoms with van der Waals surface area (Å²) >= 11 is 1.74. The van der Waals surface area contributed by atoms with E-state index in [0.29, 0.717) is 13.0 Å². The van der Waals surface area contributed by atoms with E-state index in [4.69, 9.17) is 0 Å². The molecule has 0 aliphatic rings. The molecule has 4 nitrogen and oxygen atoms in total. The topological polar surface area (TPSA) is 57.8 Å². The minimum atomic E-state index is 0.0759. The number of fused-ring (bicyclic) bond motifs is 1. The quantitative estimate of drug-likeness (QED) is 0.734. The van der Waals surface area contributed by atoms with Crippen LogP contribution in [0.4, 0.5) is 0 Å². The molecule has 0 spiro atoms. The van der Waals surface area contributed by atoms with Gasteiger partial charge in [0.15, 0.2) is 0 Å². The predicted molar refractivity (Wildman–Crippen MR) is 85.2 cm³/mol. The number of imidazole rings is 1. The molecule has 0 saturated carbocycles. The number of nitrogens with zero attached hydrogens (tertiary/aromatic N) is 1. The third-order valence-corrected chi connectivity index (χ3v) is 4.23. The summed E-state index contributed by atoms with van der Waals surface area (Å²) in [5, 5.41) is 4.98. The number of aryl methyl sites for hydroxylation is 1. The van der Waals surface area contributed by atoms with Crippen LogP contribution in [0.2, 0.25) is 0 Å². The molecule has 2 N–H and O–H groups in total. The Hall–Kier alpha value is -2.14. The van der Waals surface area contributed by atoms with E-state index in [1.165, 1.54) is 4.88 Å². The van der Waals surface area contributed by atoms with Crippen LogP contribution in [0.1, 0.15) is 23.5 Å². The SMILES string of the molecule is O=C(CCCc1cccs1)NCc1nc2ccccc2[nH]1. The number of nitrogens with one attached hydrogen (secondary N) is 2. The molecular formula is C16H17N3OS. The van der Waals surface area contributed by atoms with Gasteiger partial charge in [0.05, 0.1) is 17.6 Å². The molecule has 3 rings (SSSR count). The van der Waals surface area contributed by atoms with Gasteiger partial charge in [0.2, 0.25) is 5.91 Å². The van der Waals surface area contributed by atoms with E-state index in [2.05, 4.69) is 26.7 Å². The normalized spacial score (nSPS) is 10.9. The molecule has 1 amide bonds. The van der Waals surface area contributed by atoms with Gasteiger partial charge in [-0.2, -0.15) is 0 Å². The lowest BCUT2D eigenvalue weighted by molar-refractivity contribution is -0.121. The van der Waals surface area contributed by atoms with E-state index in [1.807, 2.05) is 30.3 Å². The van der Waals surface area contributed by atoms with Crippen LogP contribution < -0.4 is 5.32 Å². The monoisotopic (exact) mass is 299 g/mol. The molecule has 0 bridgehead atoms. The molecule has 3 aromatic rings. The molecule has 2 heterocycles. The van der Waals surface area contributed by atoms with Gasteiger partial charge in [-0.05, 0) is 36.4 Å². The summed E-state index contributed by atoms with van der Waals surface area (Å²) in [6.45, 7) is 0.451. The number of aromatic nitrogens is 2. The first-order chi connectivity index (χ1) is 10.3. The van der Waals surface area contributed by atoms with Gasteiger partial charge in [0.25, 0.3) is 0 Å². The van der Waals surface area contributed by atoms with Gasteiger partial charge < -0.3 is 10.3 Å². The average Bonchev–Trinajstić information content (AvgIpc) is 3.13. The Morgan fingerprint density at radius 2 is 2.14 bits per heavy atom. The fraction of sp³-hybridized carbons (Fsp3) is 0.250. The number of benzene rings is 1. The van der Waals surface area contributed by atoms with Gasteiger partial charge in [0.1, 0.15) is 5.82 Å². The van der Waals surface area contributed by atoms with Crippen LogP contribution in [0.15, 0.2) is 41.8 Å². The van der Waals surface area contributed by atoms with Crippen LogP contribution in [0.3, 0.4) is 0 Å². The van der Waals surface area contributed by atoms with Gasteiger partial charge in [-0.3, -0.25) is 4.79 Å². The van der Waals surface area contributed by atoms with Crippen LogP contribution in [-0.4, -0.2) is 15.9 Å². The number of carbonyl (C=O) groups excluding carboxylic acids is 1. The van der Waals surface area contributed by atoms with Gasteiger partial charge in [0, 0.05) is 11.3 Å².